The third-order valence-corrected chi connectivity index (χ3v) is 4.24. The van der Waals surface area contributed by atoms with E-state index in [2.05, 4.69) is 52.2 Å². The van der Waals surface area contributed by atoms with Crippen molar-refractivity contribution < 1.29 is 4.79 Å². The van der Waals surface area contributed by atoms with Crippen molar-refractivity contribution in [2.75, 3.05) is 36.4 Å². The van der Waals surface area contributed by atoms with Crippen LogP contribution < -0.4 is 10.2 Å². The number of rotatable bonds is 4. The summed E-state index contributed by atoms with van der Waals surface area (Å²) in [5, 5.41) is 3.41. The molecule has 0 aliphatic carbocycles. The largest absolute Gasteiger partial charge is 0.342 e. The Kier molecular flexibility index (Phi) is 4.64. The summed E-state index contributed by atoms with van der Waals surface area (Å²) < 4.78 is 0. The van der Waals surface area contributed by atoms with Crippen LogP contribution in [-0.4, -0.2) is 47.5 Å². The lowest BCUT2D eigenvalue weighted by atomic mass is 10.1. The third-order valence-electron chi connectivity index (χ3n) is 4.24. The molecule has 1 aromatic heterocycles. The van der Waals surface area contributed by atoms with Crippen LogP contribution in [0.2, 0.25) is 0 Å². The zero-order valence-electron chi connectivity index (χ0n) is 14.4. The van der Waals surface area contributed by atoms with Crippen LogP contribution in [0.1, 0.15) is 16.8 Å². The number of carbonyl (C=O) groups excluding carboxylic acids is 1. The molecule has 24 heavy (non-hydrogen) atoms. The number of benzene rings is 1. The molecule has 1 N–H and O–H groups in total. The Morgan fingerprint density at radius 1 is 1.04 bits per heavy atom. The number of amides is 1. The van der Waals surface area contributed by atoms with Gasteiger partial charge in [0.1, 0.15) is 5.82 Å². The Balaban J connectivity index is 1.81. The summed E-state index contributed by atoms with van der Waals surface area (Å²) in [7, 11) is 0. The van der Waals surface area contributed by atoms with Gasteiger partial charge in [0.05, 0.1) is 0 Å². The molecule has 0 bridgehead atoms. The van der Waals surface area contributed by atoms with Gasteiger partial charge in [-0.15, -0.1) is 0 Å². The van der Waals surface area contributed by atoms with Gasteiger partial charge in [-0.3, -0.25) is 4.79 Å². The molecule has 0 spiro atoms. The number of nitrogens with one attached hydrogen (secondary N) is 1. The summed E-state index contributed by atoms with van der Waals surface area (Å²) in [6.07, 6.45) is 0.905. The number of hydrogen-bond acceptors (Lipinski definition) is 5. The first kappa shape index (κ1) is 16.2. The molecular weight excluding hydrogens is 302 g/mol. The lowest BCUT2D eigenvalue weighted by Crippen LogP contribution is -2.46. The van der Waals surface area contributed by atoms with Crippen molar-refractivity contribution in [1.82, 2.24) is 14.9 Å². The van der Waals surface area contributed by atoms with Crippen LogP contribution >= 0.6 is 0 Å². The highest BCUT2D eigenvalue weighted by atomic mass is 16.1. The van der Waals surface area contributed by atoms with Crippen LogP contribution in [0.3, 0.4) is 0 Å². The van der Waals surface area contributed by atoms with Crippen molar-refractivity contribution in [3.8, 4) is 0 Å². The second kappa shape index (κ2) is 6.86. The minimum absolute atomic E-state index is 0.709. The predicted octanol–water partition coefficient (Wildman–Crippen LogP) is 2.42. The fourth-order valence-electron chi connectivity index (χ4n) is 2.79. The molecule has 6 nitrogen and oxygen atoms in total. The average molecular weight is 325 g/mol. The molecule has 0 atom stereocenters. The van der Waals surface area contributed by atoms with E-state index in [1.165, 1.54) is 11.1 Å². The normalized spacial score (nSPS) is 14.6. The van der Waals surface area contributed by atoms with Crippen LogP contribution in [0.15, 0.2) is 24.3 Å². The van der Waals surface area contributed by atoms with Crippen LogP contribution in [0.4, 0.5) is 17.5 Å². The van der Waals surface area contributed by atoms with E-state index >= 15 is 0 Å². The number of anilines is 3. The average Bonchev–Trinajstić information content (AvgIpc) is 2.58. The SMILES string of the molecule is Cc1ccc(C)c(Nc2cc(C)nc(N3CCN(C=O)CC3)n2)c1. The number of nitrogens with zero attached hydrogens (tertiary/aromatic N) is 4. The van der Waals surface area contributed by atoms with Gasteiger partial charge in [0.15, 0.2) is 0 Å². The van der Waals surface area contributed by atoms with Crippen molar-refractivity contribution in [2.24, 2.45) is 0 Å². The van der Waals surface area contributed by atoms with Crippen LogP contribution in [0.25, 0.3) is 0 Å². The van der Waals surface area contributed by atoms with Crippen molar-refractivity contribution in [2.45, 2.75) is 20.8 Å². The van der Waals surface area contributed by atoms with E-state index in [9.17, 15) is 4.79 Å². The van der Waals surface area contributed by atoms with Gasteiger partial charge in [0.2, 0.25) is 12.4 Å². The fraction of sp³-hybridized carbons (Fsp3) is 0.389. The van der Waals surface area contributed by atoms with Gasteiger partial charge >= 0.3 is 0 Å². The Labute approximate surface area is 142 Å². The summed E-state index contributed by atoms with van der Waals surface area (Å²) in [4.78, 5) is 24.0. The number of carbonyl (C=O) groups is 1. The zero-order chi connectivity index (χ0) is 17.1. The van der Waals surface area contributed by atoms with Crippen LogP contribution in [0, 0.1) is 20.8 Å². The predicted molar refractivity (Wildman–Crippen MR) is 95.8 cm³/mol. The molecule has 1 amide bonds. The van der Waals surface area contributed by atoms with Gasteiger partial charge in [-0.25, -0.2) is 4.98 Å². The van der Waals surface area contributed by atoms with E-state index in [-0.39, 0.29) is 0 Å². The van der Waals surface area contributed by atoms with E-state index < -0.39 is 0 Å². The van der Waals surface area contributed by atoms with Crippen molar-refractivity contribution in [3.05, 3.63) is 41.1 Å². The first-order valence-corrected chi connectivity index (χ1v) is 8.19. The highest BCUT2D eigenvalue weighted by molar-refractivity contribution is 5.62. The molecule has 1 saturated heterocycles. The first-order chi connectivity index (χ1) is 11.5. The van der Waals surface area contributed by atoms with E-state index in [0.29, 0.717) is 19.0 Å². The van der Waals surface area contributed by atoms with E-state index in [4.69, 9.17) is 0 Å². The maximum Gasteiger partial charge on any atom is 0.227 e. The van der Waals surface area contributed by atoms with E-state index in [0.717, 1.165) is 36.7 Å². The number of aromatic nitrogens is 2. The lowest BCUT2D eigenvalue weighted by Gasteiger charge is -2.32. The molecule has 1 aliphatic rings. The van der Waals surface area contributed by atoms with Crippen LogP contribution in [0.5, 0.6) is 0 Å². The molecule has 1 fully saturated rings. The summed E-state index contributed by atoms with van der Waals surface area (Å²) in [6, 6.07) is 8.28. The minimum atomic E-state index is 0.709. The molecular formula is C18H23N5O. The topological polar surface area (TPSA) is 61.4 Å². The highest BCUT2D eigenvalue weighted by Crippen LogP contribution is 2.23. The maximum absolute atomic E-state index is 10.8. The fourth-order valence-corrected chi connectivity index (χ4v) is 2.79. The Morgan fingerprint density at radius 2 is 1.79 bits per heavy atom. The summed E-state index contributed by atoms with van der Waals surface area (Å²) in [5.41, 5.74) is 4.37. The molecule has 2 heterocycles. The van der Waals surface area contributed by atoms with Gasteiger partial charge in [0, 0.05) is 43.6 Å². The minimum Gasteiger partial charge on any atom is -0.342 e. The Bertz CT molecular complexity index is 738. The van der Waals surface area contributed by atoms with Gasteiger partial charge in [0.25, 0.3) is 0 Å². The second-order valence-corrected chi connectivity index (χ2v) is 6.27. The molecule has 3 rings (SSSR count). The lowest BCUT2D eigenvalue weighted by molar-refractivity contribution is -0.118. The summed E-state index contributed by atoms with van der Waals surface area (Å²) >= 11 is 0. The zero-order valence-corrected chi connectivity index (χ0v) is 14.4. The molecule has 1 aliphatic heterocycles. The highest BCUT2D eigenvalue weighted by Gasteiger charge is 2.18. The molecule has 2 aromatic rings. The van der Waals surface area contributed by atoms with Gasteiger partial charge in [-0.1, -0.05) is 12.1 Å². The van der Waals surface area contributed by atoms with Gasteiger partial charge in [-0.05, 0) is 38.0 Å². The molecule has 0 radical (unpaired) electrons. The van der Waals surface area contributed by atoms with Crippen molar-refractivity contribution >= 4 is 23.9 Å². The van der Waals surface area contributed by atoms with Gasteiger partial charge in [-0.2, -0.15) is 4.98 Å². The number of hydrogen-bond donors (Lipinski definition) is 1. The second-order valence-electron chi connectivity index (χ2n) is 6.27. The van der Waals surface area contributed by atoms with Crippen molar-refractivity contribution in [3.63, 3.8) is 0 Å². The molecule has 126 valence electrons. The standard InChI is InChI=1S/C18H23N5O/c1-13-4-5-14(2)16(10-13)20-17-11-15(3)19-18(21-17)23-8-6-22(12-24)7-9-23/h4-5,10-12H,6-9H2,1-3H3,(H,19,20,21). The smallest absolute Gasteiger partial charge is 0.227 e. The monoisotopic (exact) mass is 325 g/mol. The summed E-state index contributed by atoms with van der Waals surface area (Å²) in [5.74, 6) is 1.51. The van der Waals surface area contributed by atoms with E-state index in [1.54, 1.807) is 4.90 Å². The summed E-state index contributed by atoms with van der Waals surface area (Å²) in [6.45, 7) is 9.06. The molecule has 0 unspecified atom stereocenters. The number of piperazine rings is 1. The van der Waals surface area contributed by atoms with E-state index in [1.807, 2.05) is 13.0 Å². The number of aryl methyl sites for hydroxylation is 3. The Hall–Kier alpha value is -2.63. The maximum atomic E-state index is 10.8. The Morgan fingerprint density at radius 3 is 2.50 bits per heavy atom. The molecule has 6 heteroatoms. The quantitative estimate of drug-likeness (QED) is 0.875. The van der Waals surface area contributed by atoms with Crippen LogP contribution in [-0.2, 0) is 4.79 Å². The van der Waals surface area contributed by atoms with Crippen molar-refractivity contribution in [1.29, 1.82) is 0 Å². The molecule has 0 saturated carbocycles. The third kappa shape index (κ3) is 3.64. The van der Waals surface area contributed by atoms with Gasteiger partial charge < -0.3 is 15.1 Å². The first-order valence-electron chi connectivity index (χ1n) is 8.19. The molecule has 1 aromatic carbocycles.